The highest BCUT2D eigenvalue weighted by atomic mass is 16.2. The highest BCUT2D eigenvalue weighted by Gasteiger charge is 2.39. The van der Waals surface area contributed by atoms with E-state index in [4.69, 9.17) is 5.26 Å². The Hall–Kier alpha value is -1.08. The van der Waals surface area contributed by atoms with Crippen molar-refractivity contribution in [3.63, 3.8) is 0 Å². The summed E-state index contributed by atoms with van der Waals surface area (Å²) in [6, 6.07) is 2.33. The van der Waals surface area contributed by atoms with E-state index < -0.39 is 0 Å². The van der Waals surface area contributed by atoms with Crippen LogP contribution in [0.15, 0.2) is 0 Å². The smallest absolute Gasteiger partial charge is 0.227 e. The number of carbonyl (C=O) groups is 1. The number of rotatable bonds is 5. The molecule has 1 amide bonds. The van der Waals surface area contributed by atoms with Crippen molar-refractivity contribution in [2.45, 2.75) is 40.0 Å². The fraction of sp³-hybridized carbons (Fsp3) is 0.857. The molecule has 1 aliphatic rings. The van der Waals surface area contributed by atoms with E-state index in [1.807, 2.05) is 20.8 Å². The van der Waals surface area contributed by atoms with E-state index in [0.29, 0.717) is 0 Å². The van der Waals surface area contributed by atoms with Crippen LogP contribution >= 0.6 is 0 Å². The lowest BCUT2D eigenvalue weighted by Crippen LogP contribution is -2.39. The zero-order valence-corrected chi connectivity index (χ0v) is 12.0. The number of nitriles is 1. The summed E-state index contributed by atoms with van der Waals surface area (Å²) in [6.45, 7) is 8.79. The molecular formula is C14H25N3O. The number of hydrogen-bond acceptors (Lipinski definition) is 3. The first-order chi connectivity index (χ1) is 8.33. The van der Waals surface area contributed by atoms with Crippen LogP contribution in [0.1, 0.15) is 40.0 Å². The molecule has 1 fully saturated rings. The third-order valence-electron chi connectivity index (χ3n) is 3.91. The minimum Gasteiger partial charge on any atom is -0.359 e. The number of carbonyl (C=O) groups excluding carboxylic acids is 1. The normalized spacial score (nSPS) is 24.8. The summed E-state index contributed by atoms with van der Waals surface area (Å²) >= 11 is 0. The Morgan fingerprint density at radius 3 is 2.78 bits per heavy atom. The number of nitrogens with zero attached hydrogens (tertiary/aromatic N) is 2. The predicted molar refractivity (Wildman–Crippen MR) is 71.9 cm³/mol. The second-order valence-electron chi connectivity index (χ2n) is 6.27. The molecule has 4 nitrogen and oxygen atoms in total. The van der Waals surface area contributed by atoms with Gasteiger partial charge in [0.05, 0.1) is 16.9 Å². The van der Waals surface area contributed by atoms with Gasteiger partial charge in [-0.1, -0.05) is 0 Å². The second-order valence-corrected chi connectivity index (χ2v) is 6.27. The van der Waals surface area contributed by atoms with Crippen molar-refractivity contribution in [2.24, 2.45) is 10.8 Å². The van der Waals surface area contributed by atoms with Gasteiger partial charge >= 0.3 is 0 Å². The van der Waals surface area contributed by atoms with E-state index in [2.05, 4.69) is 16.3 Å². The summed E-state index contributed by atoms with van der Waals surface area (Å²) in [7, 11) is 1.70. The van der Waals surface area contributed by atoms with Gasteiger partial charge in [-0.25, -0.2) is 0 Å². The molecule has 18 heavy (non-hydrogen) atoms. The number of hydrogen-bond donors (Lipinski definition) is 1. The minimum atomic E-state index is -0.237. The molecule has 0 aromatic carbocycles. The molecule has 102 valence electrons. The van der Waals surface area contributed by atoms with Gasteiger partial charge in [0.15, 0.2) is 0 Å². The van der Waals surface area contributed by atoms with E-state index in [0.717, 1.165) is 38.9 Å². The zero-order chi connectivity index (χ0) is 13.8. The molecule has 1 atom stereocenters. The Morgan fingerprint density at radius 2 is 2.22 bits per heavy atom. The van der Waals surface area contributed by atoms with E-state index >= 15 is 0 Å². The third-order valence-corrected chi connectivity index (χ3v) is 3.91. The SMILES string of the molecule is CNC(=O)C1(C)CCN(CCCC(C)(C)C#N)C1. The average Bonchev–Trinajstić information content (AvgIpc) is 2.71. The molecule has 0 aromatic heterocycles. The molecule has 0 spiro atoms. The van der Waals surface area contributed by atoms with E-state index in [-0.39, 0.29) is 16.7 Å². The van der Waals surface area contributed by atoms with Crippen LogP contribution in [0.5, 0.6) is 0 Å². The monoisotopic (exact) mass is 251 g/mol. The molecule has 4 heteroatoms. The van der Waals surface area contributed by atoms with E-state index in [1.54, 1.807) is 7.05 Å². The van der Waals surface area contributed by atoms with Gasteiger partial charge in [-0.05, 0) is 53.1 Å². The maximum Gasteiger partial charge on any atom is 0.227 e. The van der Waals surface area contributed by atoms with E-state index in [9.17, 15) is 4.79 Å². The number of amides is 1. The third kappa shape index (κ3) is 3.71. The van der Waals surface area contributed by atoms with Gasteiger partial charge < -0.3 is 10.2 Å². The van der Waals surface area contributed by atoms with Crippen molar-refractivity contribution in [3.8, 4) is 6.07 Å². The lowest BCUT2D eigenvalue weighted by molar-refractivity contribution is -0.129. The first-order valence-corrected chi connectivity index (χ1v) is 6.69. The fourth-order valence-electron chi connectivity index (χ4n) is 2.53. The summed E-state index contributed by atoms with van der Waals surface area (Å²) < 4.78 is 0. The topological polar surface area (TPSA) is 56.1 Å². The lowest BCUT2D eigenvalue weighted by Gasteiger charge is -2.23. The van der Waals surface area contributed by atoms with Gasteiger partial charge in [-0.15, -0.1) is 0 Å². The Morgan fingerprint density at radius 1 is 1.56 bits per heavy atom. The molecule has 0 saturated carbocycles. The molecule has 1 aliphatic heterocycles. The second kappa shape index (κ2) is 5.71. The molecule has 1 rings (SSSR count). The van der Waals surface area contributed by atoms with Crippen LogP contribution in [0.2, 0.25) is 0 Å². The van der Waals surface area contributed by atoms with Gasteiger partial charge in [0.2, 0.25) is 5.91 Å². The van der Waals surface area contributed by atoms with E-state index in [1.165, 1.54) is 0 Å². The minimum absolute atomic E-state index is 0.141. The summed E-state index contributed by atoms with van der Waals surface area (Å²) in [4.78, 5) is 14.1. The Balaban J connectivity index is 2.36. The zero-order valence-electron chi connectivity index (χ0n) is 12.0. The largest absolute Gasteiger partial charge is 0.359 e. The first-order valence-electron chi connectivity index (χ1n) is 6.69. The first kappa shape index (κ1) is 15.0. The van der Waals surface area contributed by atoms with Gasteiger partial charge in [-0.3, -0.25) is 4.79 Å². The van der Waals surface area contributed by atoms with Crippen molar-refractivity contribution in [1.29, 1.82) is 5.26 Å². The van der Waals surface area contributed by atoms with Crippen LogP contribution in [0.25, 0.3) is 0 Å². The highest BCUT2D eigenvalue weighted by Crippen LogP contribution is 2.30. The summed E-state index contributed by atoms with van der Waals surface area (Å²) in [5.41, 5.74) is -0.469. The van der Waals surface area contributed by atoms with Crippen LogP contribution in [0, 0.1) is 22.2 Å². The maximum absolute atomic E-state index is 11.8. The Labute approximate surface area is 110 Å². The summed E-state index contributed by atoms with van der Waals surface area (Å²) in [5.74, 6) is 0.141. The van der Waals surface area contributed by atoms with Crippen LogP contribution in [-0.4, -0.2) is 37.5 Å². The van der Waals surface area contributed by atoms with Gasteiger partial charge in [-0.2, -0.15) is 5.26 Å². The maximum atomic E-state index is 11.8. The number of likely N-dealkylation sites (tertiary alicyclic amines) is 1. The van der Waals surface area contributed by atoms with Crippen LogP contribution in [0.3, 0.4) is 0 Å². The van der Waals surface area contributed by atoms with Crippen molar-refractivity contribution in [2.75, 3.05) is 26.7 Å². The molecule has 1 N–H and O–H groups in total. The molecular weight excluding hydrogens is 226 g/mol. The quantitative estimate of drug-likeness (QED) is 0.810. The van der Waals surface area contributed by atoms with Crippen molar-refractivity contribution < 1.29 is 4.79 Å². The summed E-state index contributed by atoms with van der Waals surface area (Å²) in [6.07, 6.45) is 2.86. The lowest BCUT2D eigenvalue weighted by atomic mass is 9.88. The molecule has 1 unspecified atom stereocenters. The summed E-state index contributed by atoms with van der Waals surface area (Å²) in [5, 5.41) is 11.7. The van der Waals surface area contributed by atoms with Crippen LogP contribution in [-0.2, 0) is 4.79 Å². The van der Waals surface area contributed by atoms with Gasteiger partial charge in [0.1, 0.15) is 0 Å². The average molecular weight is 251 g/mol. The molecule has 0 bridgehead atoms. The fourth-order valence-corrected chi connectivity index (χ4v) is 2.53. The van der Waals surface area contributed by atoms with Gasteiger partial charge in [0, 0.05) is 13.6 Å². The molecule has 1 saturated heterocycles. The van der Waals surface area contributed by atoms with Gasteiger partial charge in [0.25, 0.3) is 0 Å². The van der Waals surface area contributed by atoms with Crippen molar-refractivity contribution in [3.05, 3.63) is 0 Å². The van der Waals surface area contributed by atoms with Crippen molar-refractivity contribution in [1.82, 2.24) is 10.2 Å². The molecule has 0 aliphatic carbocycles. The predicted octanol–water partition coefficient (Wildman–Crippen LogP) is 1.77. The molecule has 0 radical (unpaired) electrons. The van der Waals surface area contributed by atoms with Crippen LogP contribution < -0.4 is 5.32 Å². The highest BCUT2D eigenvalue weighted by molar-refractivity contribution is 5.82. The Bertz CT molecular complexity index is 345. The van der Waals surface area contributed by atoms with Crippen molar-refractivity contribution >= 4 is 5.91 Å². The standard InChI is InChI=1S/C14H25N3O/c1-13(2,10-15)6-5-8-17-9-7-14(3,11-17)12(18)16-4/h5-9,11H2,1-4H3,(H,16,18). The number of nitrogens with one attached hydrogen (secondary N) is 1. The van der Waals surface area contributed by atoms with Crippen LogP contribution in [0.4, 0.5) is 0 Å². The molecule has 0 aromatic rings. The molecule has 1 heterocycles. The Kier molecular flexibility index (Phi) is 4.75.